The summed E-state index contributed by atoms with van der Waals surface area (Å²) in [5, 5.41) is 0. The molecule has 2 aromatic rings. The number of hydrogen-bond acceptors (Lipinski definition) is 2. The number of aromatic nitrogens is 1. The molecule has 76 valence electrons. The van der Waals surface area contributed by atoms with E-state index in [0.29, 0.717) is 11.6 Å². The van der Waals surface area contributed by atoms with Crippen LogP contribution in [0.5, 0.6) is 11.6 Å². The third kappa shape index (κ3) is 2.53. The van der Waals surface area contributed by atoms with Crippen molar-refractivity contribution in [3.05, 3.63) is 54.0 Å². The van der Waals surface area contributed by atoms with Gasteiger partial charge in [0, 0.05) is 18.3 Å². The summed E-state index contributed by atoms with van der Waals surface area (Å²) in [5.74, 6) is 0.595. The van der Waals surface area contributed by atoms with E-state index in [2.05, 4.69) is 4.98 Å². The fourth-order valence-corrected chi connectivity index (χ4v) is 1.17. The van der Waals surface area contributed by atoms with E-state index in [1.165, 1.54) is 12.1 Å². The van der Waals surface area contributed by atoms with Crippen molar-refractivity contribution < 1.29 is 9.13 Å². The zero-order valence-corrected chi connectivity index (χ0v) is 8.27. The summed E-state index contributed by atoms with van der Waals surface area (Å²) in [5.41, 5.74) is 1.06. The highest BCUT2D eigenvalue weighted by Crippen LogP contribution is 2.19. The molecule has 0 atom stereocenters. The monoisotopic (exact) mass is 203 g/mol. The number of hydrogen-bond donors (Lipinski definition) is 0. The van der Waals surface area contributed by atoms with Gasteiger partial charge >= 0.3 is 0 Å². The van der Waals surface area contributed by atoms with Crippen molar-refractivity contribution in [1.29, 1.82) is 0 Å². The molecule has 0 amide bonds. The van der Waals surface area contributed by atoms with Crippen LogP contribution in [0.3, 0.4) is 0 Å². The maximum Gasteiger partial charge on any atom is 0.219 e. The Labute approximate surface area is 87.4 Å². The topological polar surface area (TPSA) is 22.1 Å². The van der Waals surface area contributed by atoms with Crippen molar-refractivity contribution in [3.8, 4) is 11.6 Å². The summed E-state index contributed by atoms with van der Waals surface area (Å²) in [6, 6.07) is 9.61. The Morgan fingerprint density at radius 2 is 2.07 bits per heavy atom. The lowest BCUT2D eigenvalue weighted by Gasteiger charge is -2.04. The number of ether oxygens (including phenoxy) is 1. The second kappa shape index (κ2) is 4.09. The van der Waals surface area contributed by atoms with Gasteiger partial charge in [0.1, 0.15) is 11.6 Å². The molecule has 0 bridgehead atoms. The van der Waals surface area contributed by atoms with Crippen LogP contribution in [0.15, 0.2) is 42.6 Å². The number of nitrogens with zero attached hydrogens (tertiary/aromatic N) is 1. The lowest BCUT2D eigenvalue weighted by Crippen LogP contribution is -1.88. The molecular weight excluding hydrogens is 193 g/mol. The van der Waals surface area contributed by atoms with Gasteiger partial charge in [-0.15, -0.1) is 0 Å². The fraction of sp³-hybridized carbons (Fsp3) is 0.0833. The Hall–Kier alpha value is -1.90. The second-order valence-electron chi connectivity index (χ2n) is 3.23. The average Bonchev–Trinajstić information content (AvgIpc) is 2.22. The molecule has 0 radical (unpaired) electrons. The van der Waals surface area contributed by atoms with Gasteiger partial charge in [-0.1, -0.05) is 12.1 Å². The summed E-state index contributed by atoms with van der Waals surface area (Å²) in [6.07, 6.45) is 1.70. The minimum Gasteiger partial charge on any atom is -0.439 e. The largest absolute Gasteiger partial charge is 0.439 e. The van der Waals surface area contributed by atoms with Gasteiger partial charge in [0.15, 0.2) is 0 Å². The zero-order valence-electron chi connectivity index (χ0n) is 8.27. The predicted octanol–water partition coefficient (Wildman–Crippen LogP) is 3.32. The molecule has 0 aliphatic carbocycles. The van der Waals surface area contributed by atoms with Crippen molar-refractivity contribution in [1.82, 2.24) is 4.98 Å². The lowest BCUT2D eigenvalue weighted by molar-refractivity contribution is 0.458. The van der Waals surface area contributed by atoms with Crippen LogP contribution in [-0.4, -0.2) is 4.98 Å². The van der Waals surface area contributed by atoms with Crippen molar-refractivity contribution >= 4 is 0 Å². The Balaban J connectivity index is 2.18. The molecule has 0 fully saturated rings. The van der Waals surface area contributed by atoms with Gasteiger partial charge in [0.05, 0.1) is 0 Å². The van der Waals surface area contributed by atoms with E-state index < -0.39 is 0 Å². The second-order valence-corrected chi connectivity index (χ2v) is 3.23. The lowest BCUT2D eigenvalue weighted by atomic mass is 10.3. The minimum absolute atomic E-state index is 0.320. The number of pyridine rings is 1. The minimum atomic E-state index is -0.320. The Morgan fingerprint density at radius 3 is 2.73 bits per heavy atom. The van der Waals surface area contributed by atoms with Gasteiger partial charge in [-0.2, -0.15) is 0 Å². The quantitative estimate of drug-likeness (QED) is 0.746. The molecular formula is C12H10FNO. The van der Waals surface area contributed by atoms with Crippen molar-refractivity contribution in [2.24, 2.45) is 0 Å². The van der Waals surface area contributed by atoms with Crippen LogP contribution in [-0.2, 0) is 0 Å². The van der Waals surface area contributed by atoms with Crippen LogP contribution in [0.2, 0.25) is 0 Å². The van der Waals surface area contributed by atoms with E-state index in [4.69, 9.17) is 4.74 Å². The molecule has 0 aliphatic rings. The molecule has 15 heavy (non-hydrogen) atoms. The van der Waals surface area contributed by atoms with Gasteiger partial charge in [0.2, 0.25) is 5.88 Å². The van der Waals surface area contributed by atoms with Gasteiger partial charge in [-0.25, -0.2) is 9.37 Å². The molecule has 0 spiro atoms. The molecule has 2 nitrogen and oxygen atoms in total. The Kier molecular flexibility index (Phi) is 2.63. The van der Waals surface area contributed by atoms with Crippen LogP contribution in [0.25, 0.3) is 0 Å². The first-order chi connectivity index (χ1) is 7.24. The van der Waals surface area contributed by atoms with Crippen LogP contribution in [0.4, 0.5) is 4.39 Å². The Morgan fingerprint density at radius 1 is 1.20 bits per heavy atom. The number of aryl methyl sites for hydroxylation is 1. The zero-order chi connectivity index (χ0) is 10.7. The van der Waals surface area contributed by atoms with Crippen LogP contribution in [0.1, 0.15) is 5.56 Å². The smallest absolute Gasteiger partial charge is 0.219 e. The number of rotatable bonds is 2. The van der Waals surface area contributed by atoms with Crippen LogP contribution < -0.4 is 4.74 Å². The SMILES string of the molecule is Cc1ccc(Oc2cccc(F)c2)nc1. The van der Waals surface area contributed by atoms with Crippen molar-refractivity contribution in [3.63, 3.8) is 0 Å². The van der Waals surface area contributed by atoms with Crippen LogP contribution >= 0.6 is 0 Å². The Bertz CT molecular complexity index is 453. The average molecular weight is 203 g/mol. The summed E-state index contributed by atoms with van der Waals surface area (Å²) < 4.78 is 18.2. The summed E-state index contributed by atoms with van der Waals surface area (Å²) in [7, 11) is 0. The predicted molar refractivity (Wildman–Crippen MR) is 55.4 cm³/mol. The normalized spacial score (nSPS) is 10.0. The number of halogens is 1. The van der Waals surface area contributed by atoms with Crippen molar-refractivity contribution in [2.75, 3.05) is 0 Å². The first-order valence-electron chi connectivity index (χ1n) is 4.60. The standard InChI is InChI=1S/C12H10FNO/c1-9-5-6-12(14-8-9)15-11-4-2-3-10(13)7-11/h2-8H,1H3. The third-order valence-electron chi connectivity index (χ3n) is 1.90. The summed E-state index contributed by atoms with van der Waals surface area (Å²) in [6.45, 7) is 1.94. The summed E-state index contributed by atoms with van der Waals surface area (Å²) >= 11 is 0. The first-order valence-corrected chi connectivity index (χ1v) is 4.60. The van der Waals surface area contributed by atoms with E-state index in [1.807, 2.05) is 13.0 Å². The molecule has 0 N–H and O–H groups in total. The highest BCUT2D eigenvalue weighted by atomic mass is 19.1. The van der Waals surface area contributed by atoms with Gasteiger partial charge in [0.25, 0.3) is 0 Å². The highest BCUT2D eigenvalue weighted by Gasteiger charge is 1.98. The maximum atomic E-state index is 12.8. The fourth-order valence-electron chi connectivity index (χ4n) is 1.17. The first kappa shape index (κ1) is 9.65. The molecule has 3 heteroatoms. The molecule has 2 rings (SSSR count). The number of benzene rings is 1. The van der Waals surface area contributed by atoms with E-state index >= 15 is 0 Å². The molecule has 0 aliphatic heterocycles. The van der Waals surface area contributed by atoms with Crippen molar-refractivity contribution in [2.45, 2.75) is 6.92 Å². The van der Waals surface area contributed by atoms with Gasteiger partial charge < -0.3 is 4.74 Å². The van der Waals surface area contributed by atoms with E-state index in [-0.39, 0.29) is 5.82 Å². The molecule has 1 aromatic carbocycles. The third-order valence-corrected chi connectivity index (χ3v) is 1.90. The molecule has 1 aromatic heterocycles. The highest BCUT2D eigenvalue weighted by molar-refractivity contribution is 5.27. The van der Waals surface area contributed by atoms with Gasteiger partial charge in [-0.3, -0.25) is 0 Å². The summed E-state index contributed by atoms with van der Waals surface area (Å²) in [4.78, 5) is 4.06. The van der Waals surface area contributed by atoms with Gasteiger partial charge in [-0.05, 0) is 24.6 Å². The van der Waals surface area contributed by atoms with E-state index in [0.717, 1.165) is 5.56 Å². The van der Waals surface area contributed by atoms with E-state index in [1.54, 1.807) is 24.4 Å². The molecule has 0 saturated carbocycles. The molecule has 1 heterocycles. The molecule has 0 saturated heterocycles. The van der Waals surface area contributed by atoms with Crippen LogP contribution in [0, 0.1) is 12.7 Å². The maximum absolute atomic E-state index is 12.8. The van der Waals surface area contributed by atoms with E-state index in [9.17, 15) is 4.39 Å². The molecule has 0 unspecified atom stereocenters.